The number of aromatic nitrogens is 2. The zero-order chi connectivity index (χ0) is 11.9. The van der Waals surface area contributed by atoms with E-state index in [1.807, 2.05) is 32.2 Å². The molecule has 1 aromatic carbocycles. The molecule has 0 amide bonds. The molecule has 88 valence electrons. The molecule has 0 aliphatic rings. The van der Waals surface area contributed by atoms with E-state index in [4.69, 9.17) is 0 Å². The average molecular weight is 241 g/mol. The van der Waals surface area contributed by atoms with Gasteiger partial charge in [-0.1, -0.05) is 12.1 Å². The van der Waals surface area contributed by atoms with E-state index in [0.717, 1.165) is 16.5 Å². The molecule has 0 saturated heterocycles. The van der Waals surface area contributed by atoms with Crippen molar-refractivity contribution in [2.75, 3.05) is 11.0 Å². The summed E-state index contributed by atoms with van der Waals surface area (Å²) in [6.45, 7) is 1.97. The second kappa shape index (κ2) is 3.65. The first-order valence-electron chi connectivity index (χ1n) is 4.82. The van der Waals surface area contributed by atoms with Crippen molar-refractivity contribution in [3.8, 4) is 0 Å². The Labute approximate surface area is 95.6 Å². The average Bonchev–Trinajstić information content (AvgIpc) is 2.42. The highest BCUT2D eigenvalue weighted by Crippen LogP contribution is 2.37. The monoisotopic (exact) mass is 241 g/mol. The van der Waals surface area contributed by atoms with Crippen LogP contribution in [0, 0.1) is 6.92 Å². The highest BCUT2D eigenvalue weighted by atomic mass is 32.3. The van der Waals surface area contributed by atoms with E-state index in [1.165, 1.54) is 6.26 Å². The minimum Gasteiger partial charge on any atom is -0.282 e. The third-order valence-electron chi connectivity index (χ3n) is 2.38. The van der Waals surface area contributed by atoms with Gasteiger partial charge in [0.1, 0.15) is 0 Å². The molecule has 0 unspecified atom stereocenters. The lowest BCUT2D eigenvalue weighted by atomic mass is 10.1. The minimum absolute atomic E-state index is 0.512. The van der Waals surface area contributed by atoms with E-state index in [9.17, 15) is 9.11 Å². The van der Waals surface area contributed by atoms with E-state index < -0.39 is 10.8 Å². The summed E-state index contributed by atoms with van der Waals surface area (Å²) in [6, 6.07) is 5.87. The van der Waals surface area contributed by atoms with Crippen molar-refractivity contribution in [3.05, 3.63) is 23.8 Å². The molecule has 16 heavy (non-hydrogen) atoms. The van der Waals surface area contributed by atoms with E-state index in [-0.39, 0.29) is 0 Å². The number of benzene rings is 1. The maximum Gasteiger partial charge on any atom is 0.174 e. The summed E-state index contributed by atoms with van der Waals surface area (Å²) in [7, 11) is -0.970. The van der Waals surface area contributed by atoms with Crippen LogP contribution in [0.3, 0.4) is 0 Å². The molecule has 6 heteroatoms. The molecule has 1 aromatic heterocycles. The van der Waals surface area contributed by atoms with Crippen LogP contribution >= 0.6 is 10.8 Å². The van der Waals surface area contributed by atoms with Crippen LogP contribution in [0.4, 0.5) is 5.82 Å². The van der Waals surface area contributed by atoms with Gasteiger partial charge in [-0.05, 0) is 18.6 Å². The van der Waals surface area contributed by atoms with Crippen molar-refractivity contribution in [1.82, 2.24) is 9.78 Å². The first kappa shape index (κ1) is 11.3. The zero-order valence-corrected chi connectivity index (χ0v) is 10.2. The smallest absolute Gasteiger partial charge is 0.174 e. The fraction of sp³-hybridized carbons (Fsp3) is 0.300. The van der Waals surface area contributed by atoms with Crippen molar-refractivity contribution < 1.29 is 9.11 Å². The van der Waals surface area contributed by atoms with Gasteiger partial charge in [0.2, 0.25) is 0 Å². The van der Waals surface area contributed by atoms with Gasteiger partial charge in [-0.25, -0.2) is 0 Å². The molecular formula is C10H15N3O2S. The van der Waals surface area contributed by atoms with Gasteiger partial charge in [0.25, 0.3) is 0 Å². The second-order valence-corrected chi connectivity index (χ2v) is 5.75. The molecule has 0 radical (unpaired) electrons. The fourth-order valence-corrected chi connectivity index (χ4v) is 2.25. The van der Waals surface area contributed by atoms with Crippen LogP contribution in [0.15, 0.2) is 18.2 Å². The molecule has 0 spiro atoms. The summed E-state index contributed by atoms with van der Waals surface area (Å²) in [5.74, 6) is 0.512. The summed E-state index contributed by atoms with van der Waals surface area (Å²) in [4.78, 5) is 0. The van der Waals surface area contributed by atoms with Gasteiger partial charge in [-0.3, -0.25) is 18.5 Å². The van der Waals surface area contributed by atoms with Gasteiger partial charge in [-0.15, -0.1) is 10.8 Å². The van der Waals surface area contributed by atoms with Gasteiger partial charge >= 0.3 is 0 Å². The molecule has 2 aromatic rings. The van der Waals surface area contributed by atoms with Gasteiger partial charge < -0.3 is 0 Å². The molecule has 3 N–H and O–H groups in total. The zero-order valence-electron chi connectivity index (χ0n) is 9.43. The topological polar surface area (TPSA) is 70.3 Å². The Hall–Kier alpha value is -1.24. The van der Waals surface area contributed by atoms with E-state index >= 15 is 0 Å². The predicted molar refractivity (Wildman–Crippen MR) is 67.8 cm³/mol. The molecule has 2 rings (SSSR count). The van der Waals surface area contributed by atoms with E-state index in [0.29, 0.717) is 5.82 Å². The van der Waals surface area contributed by atoms with Crippen LogP contribution < -0.4 is 4.72 Å². The summed E-state index contributed by atoms with van der Waals surface area (Å²) in [5.41, 5.74) is 2.02. The number of aryl methyl sites for hydroxylation is 2. The first-order valence-corrected chi connectivity index (χ1v) is 6.77. The number of anilines is 1. The summed E-state index contributed by atoms with van der Waals surface area (Å²) in [6.07, 6.45) is 1.34. The van der Waals surface area contributed by atoms with Crippen LogP contribution in [0.2, 0.25) is 0 Å². The van der Waals surface area contributed by atoms with Crippen molar-refractivity contribution >= 4 is 27.5 Å². The first-order chi connectivity index (χ1) is 7.38. The third-order valence-corrected chi connectivity index (χ3v) is 2.96. The largest absolute Gasteiger partial charge is 0.282 e. The van der Waals surface area contributed by atoms with E-state index in [2.05, 4.69) is 9.82 Å². The quantitative estimate of drug-likeness (QED) is 0.755. The Morgan fingerprint density at radius 2 is 2.06 bits per heavy atom. The Bertz CT molecular complexity index is 531. The molecule has 0 aliphatic carbocycles. The van der Waals surface area contributed by atoms with Crippen LogP contribution in [0.25, 0.3) is 10.9 Å². The van der Waals surface area contributed by atoms with Gasteiger partial charge in [-0.2, -0.15) is 5.10 Å². The molecular weight excluding hydrogens is 226 g/mol. The minimum atomic E-state index is -2.80. The lowest BCUT2D eigenvalue weighted by Crippen LogP contribution is -2.07. The Balaban J connectivity index is 2.62. The maximum absolute atomic E-state index is 9.41. The fourth-order valence-electron chi connectivity index (χ4n) is 1.74. The number of rotatable bonds is 2. The summed E-state index contributed by atoms with van der Waals surface area (Å²) in [5, 5.41) is 5.17. The van der Waals surface area contributed by atoms with Crippen LogP contribution in [-0.4, -0.2) is 25.1 Å². The number of nitrogens with one attached hydrogen (secondary N) is 1. The van der Waals surface area contributed by atoms with Crippen molar-refractivity contribution in [3.63, 3.8) is 0 Å². The van der Waals surface area contributed by atoms with Crippen molar-refractivity contribution in [1.29, 1.82) is 0 Å². The maximum atomic E-state index is 9.41. The normalized spacial score (nSPS) is 13.1. The number of fused-ring (bicyclic) bond motifs is 1. The summed E-state index contributed by atoms with van der Waals surface area (Å²) >= 11 is 0. The van der Waals surface area contributed by atoms with Gasteiger partial charge in [0.05, 0.1) is 5.52 Å². The lowest BCUT2D eigenvalue weighted by Gasteiger charge is -2.27. The van der Waals surface area contributed by atoms with Crippen molar-refractivity contribution in [2.24, 2.45) is 7.05 Å². The SMILES string of the molecule is Cc1cccc2c1c(NS(C)(O)O)nn2C. The predicted octanol–water partition coefficient (Wildman–Crippen LogP) is 2.59. The molecule has 5 nitrogen and oxygen atoms in total. The van der Waals surface area contributed by atoms with E-state index in [1.54, 1.807) is 4.68 Å². The molecule has 1 heterocycles. The van der Waals surface area contributed by atoms with Gasteiger partial charge in [0, 0.05) is 18.7 Å². The Morgan fingerprint density at radius 3 is 2.69 bits per heavy atom. The highest BCUT2D eigenvalue weighted by molar-refractivity contribution is 8.24. The molecule has 0 fully saturated rings. The third kappa shape index (κ3) is 1.99. The number of nitrogens with zero attached hydrogens (tertiary/aromatic N) is 2. The summed E-state index contributed by atoms with van der Waals surface area (Å²) < 4.78 is 23.2. The second-order valence-electron chi connectivity index (χ2n) is 3.88. The van der Waals surface area contributed by atoms with Crippen molar-refractivity contribution in [2.45, 2.75) is 6.92 Å². The standard InChI is InChI=1S/C10H15N3O2S/c1-7-5-4-6-8-9(7)10(11-13(8)2)12-16(3,14)15/h4-6,14-15H,1-3H3,(H,11,12). The molecule has 0 bridgehead atoms. The molecule has 0 atom stereocenters. The highest BCUT2D eigenvalue weighted by Gasteiger charge is 2.14. The number of hydrogen-bond donors (Lipinski definition) is 3. The van der Waals surface area contributed by atoms with Gasteiger partial charge in [0.15, 0.2) is 5.82 Å². The Morgan fingerprint density at radius 1 is 1.38 bits per heavy atom. The van der Waals surface area contributed by atoms with Crippen LogP contribution in [-0.2, 0) is 7.05 Å². The number of hydrogen-bond acceptors (Lipinski definition) is 4. The van der Waals surface area contributed by atoms with Crippen LogP contribution in [0.5, 0.6) is 0 Å². The molecule has 0 saturated carbocycles. The lowest BCUT2D eigenvalue weighted by molar-refractivity contribution is 0.502. The van der Waals surface area contributed by atoms with Crippen LogP contribution in [0.1, 0.15) is 5.56 Å². The molecule has 0 aliphatic heterocycles. The Kier molecular flexibility index (Phi) is 2.57.